The minimum Gasteiger partial charge on any atom is -0.481 e. The molecule has 0 aromatic carbocycles. The highest BCUT2D eigenvalue weighted by Crippen LogP contribution is 2.48. The molecule has 3 rings (SSSR count). The molecule has 110 valence electrons. The second-order valence-corrected chi connectivity index (χ2v) is 5.86. The lowest BCUT2D eigenvalue weighted by Crippen LogP contribution is -2.40. The minimum absolute atomic E-state index is 0.00547. The van der Waals surface area contributed by atoms with E-state index in [1.165, 1.54) is 0 Å². The van der Waals surface area contributed by atoms with Gasteiger partial charge in [-0.2, -0.15) is 0 Å². The maximum Gasteiger partial charge on any atom is 0.307 e. The fourth-order valence-electron chi connectivity index (χ4n) is 3.52. The van der Waals surface area contributed by atoms with Crippen molar-refractivity contribution in [3.05, 3.63) is 41.7 Å². The summed E-state index contributed by atoms with van der Waals surface area (Å²) in [5, 5.41) is 12.2. The highest BCUT2D eigenvalue weighted by molar-refractivity contribution is 5.86. The molecule has 2 bridgehead atoms. The molecule has 1 amide bonds. The van der Waals surface area contributed by atoms with Crippen LogP contribution in [0.1, 0.15) is 17.5 Å². The zero-order valence-electron chi connectivity index (χ0n) is 11.8. The Morgan fingerprint density at radius 2 is 2.05 bits per heavy atom. The Morgan fingerprint density at radius 1 is 1.33 bits per heavy atom. The van der Waals surface area contributed by atoms with Crippen molar-refractivity contribution in [3.63, 3.8) is 0 Å². The van der Waals surface area contributed by atoms with Crippen LogP contribution in [-0.2, 0) is 16.1 Å². The molecule has 0 aliphatic heterocycles. The number of fused-ring (bicyclic) bond motifs is 2. The van der Waals surface area contributed by atoms with Crippen molar-refractivity contribution in [2.75, 3.05) is 0 Å². The summed E-state index contributed by atoms with van der Waals surface area (Å²) in [6, 6.07) is 1.87. The molecule has 0 saturated heterocycles. The van der Waals surface area contributed by atoms with Crippen molar-refractivity contribution in [1.29, 1.82) is 0 Å². The lowest BCUT2D eigenvalue weighted by molar-refractivity contribution is -0.147. The molecule has 5 nitrogen and oxygen atoms in total. The van der Waals surface area contributed by atoms with Gasteiger partial charge in [0.05, 0.1) is 11.8 Å². The number of hydrogen-bond acceptors (Lipinski definition) is 3. The van der Waals surface area contributed by atoms with E-state index in [9.17, 15) is 14.7 Å². The zero-order chi connectivity index (χ0) is 15.0. The average Bonchev–Trinajstić information content (AvgIpc) is 3.06. The number of aryl methyl sites for hydroxylation is 1. The van der Waals surface area contributed by atoms with Crippen LogP contribution in [0.5, 0.6) is 0 Å². The lowest BCUT2D eigenvalue weighted by Gasteiger charge is -2.24. The van der Waals surface area contributed by atoms with Gasteiger partial charge >= 0.3 is 5.97 Å². The highest BCUT2D eigenvalue weighted by Gasteiger charge is 2.51. The van der Waals surface area contributed by atoms with Crippen molar-refractivity contribution in [3.8, 4) is 0 Å². The van der Waals surface area contributed by atoms with Gasteiger partial charge in [0.2, 0.25) is 5.91 Å². The number of allylic oxidation sites excluding steroid dienone is 2. The summed E-state index contributed by atoms with van der Waals surface area (Å²) in [6.07, 6.45) is 8.16. The van der Waals surface area contributed by atoms with Crippen molar-refractivity contribution in [2.24, 2.45) is 23.7 Å². The van der Waals surface area contributed by atoms with Gasteiger partial charge in [-0.25, -0.2) is 0 Å². The summed E-state index contributed by atoms with van der Waals surface area (Å²) >= 11 is 0. The maximum atomic E-state index is 12.4. The fraction of sp³-hybridized carbons (Fsp3) is 0.438. The van der Waals surface area contributed by atoms with Crippen LogP contribution >= 0.6 is 0 Å². The molecule has 21 heavy (non-hydrogen) atoms. The normalized spacial score (nSPS) is 29.6. The van der Waals surface area contributed by atoms with Crippen LogP contribution in [0.4, 0.5) is 0 Å². The first kappa shape index (κ1) is 13.8. The quantitative estimate of drug-likeness (QED) is 0.823. The van der Waals surface area contributed by atoms with E-state index in [0.29, 0.717) is 6.54 Å². The molecule has 1 aromatic heterocycles. The molecule has 1 heterocycles. The summed E-state index contributed by atoms with van der Waals surface area (Å²) in [5.74, 6) is -1.98. The number of aliphatic carboxylic acids is 1. The van der Waals surface area contributed by atoms with Gasteiger partial charge in [0.25, 0.3) is 0 Å². The van der Waals surface area contributed by atoms with Crippen molar-refractivity contribution < 1.29 is 14.7 Å². The number of hydrogen-bond donors (Lipinski definition) is 2. The number of pyridine rings is 1. The van der Waals surface area contributed by atoms with Crippen molar-refractivity contribution in [1.82, 2.24) is 10.3 Å². The van der Waals surface area contributed by atoms with E-state index in [4.69, 9.17) is 0 Å². The Bertz CT molecular complexity index is 611. The van der Waals surface area contributed by atoms with Gasteiger partial charge in [0, 0.05) is 18.9 Å². The van der Waals surface area contributed by atoms with Crippen molar-refractivity contribution >= 4 is 11.9 Å². The summed E-state index contributed by atoms with van der Waals surface area (Å²) in [6.45, 7) is 2.35. The molecule has 2 N–H and O–H groups in total. The summed E-state index contributed by atoms with van der Waals surface area (Å²) < 4.78 is 0. The Labute approximate surface area is 123 Å². The number of nitrogens with one attached hydrogen (secondary N) is 1. The SMILES string of the molecule is Cc1cnccc1CNC(=O)C1C2C=CC(C2)C1C(=O)O. The molecule has 4 atom stereocenters. The third-order valence-corrected chi connectivity index (χ3v) is 4.64. The first-order valence-electron chi connectivity index (χ1n) is 7.16. The average molecular weight is 286 g/mol. The first-order chi connectivity index (χ1) is 10.1. The molecule has 1 aromatic rings. The van der Waals surface area contributed by atoms with Gasteiger partial charge in [0.15, 0.2) is 0 Å². The van der Waals surface area contributed by atoms with Crippen LogP contribution in [0, 0.1) is 30.6 Å². The number of carbonyl (C=O) groups is 2. The van der Waals surface area contributed by atoms with Crippen LogP contribution in [0.2, 0.25) is 0 Å². The predicted molar refractivity (Wildman–Crippen MR) is 76.2 cm³/mol. The summed E-state index contributed by atoms with van der Waals surface area (Å²) in [4.78, 5) is 27.8. The molecular formula is C16H18N2O3. The van der Waals surface area contributed by atoms with Gasteiger partial charge in [-0.15, -0.1) is 0 Å². The van der Waals surface area contributed by atoms with Gasteiger partial charge in [-0.05, 0) is 42.4 Å². The van der Waals surface area contributed by atoms with Gasteiger partial charge in [-0.3, -0.25) is 14.6 Å². The van der Waals surface area contributed by atoms with E-state index in [2.05, 4.69) is 10.3 Å². The molecular weight excluding hydrogens is 268 g/mol. The second-order valence-electron chi connectivity index (χ2n) is 5.86. The lowest BCUT2D eigenvalue weighted by atomic mass is 9.82. The van der Waals surface area contributed by atoms with Gasteiger partial charge < -0.3 is 10.4 Å². The fourth-order valence-corrected chi connectivity index (χ4v) is 3.52. The smallest absolute Gasteiger partial charge is 0.307 e. The number of aromatic nitrogens is 1. The molecule has 1 saturated carbocycles. The maximum absolute atomic E-state index is 12.4. The number of carboxylic acids is 1. The minimum atomic E-state index is -0.868. The first-order valence-corrected chi connectivity index (χ1v) is 7.16. The monoisotopic (exact) mass is 286 g/mol. The number of amides is 1. The molecule has 4 unspecified atom stereocenters. The molecule has 1 fully saturated rings. The van der Waals surface area contributed by atoms with Crippen LogP contribution in [0.3, 0.4) is 0 Å². The highest BCUT2D eigenvalue weighted by atomic mass is 16.4. The number of nitrogens with zero attached hydrogens (tertiary/aromatic N) is 1. The Kier molecular flexibility index (Phi) is 3.49. The largest absolute Gasteiger partial charge is 0.481 e. The number of rotatable bonds is 4. The third kappa shape index (κ3) is 2.44. The van der Waals surface area contributed by atoms with Crippen LogP contribution in [0.25, 0.3) is 0 Å². The number of carbonyl (C=O) groups excluding carboxylic acids is 1. The van der Waals surface area contributed by atoms with E-state index in [0.717, 1.165) is 17.5 Å². The molecule has 2 aliphatic rings. The molecule has 0 spiro atoms. The van der Waals surface area contributed by atoms with Gasteiger partial charge in [0.1, 0.15) is 0 Å². The van der Waals surface area contributed by atoms with Crippen LogP contribution in [0.15, 0.2) is 30.6 Å². The number of carboxylic acid groups (broad SMARTS) is 1. The topological polar surface area (TPSA) is 79.3 Å². The van der Waals surface area contributed by atoms with Crippen LogP contribution in [-0.4, -0.2) is 22.0 Å². The van der Waals surface area contributed by atoms with E-state index in [-0.39, 0.29) is 17.7 Å². The predicted octanol–water partition coefficient (Wildman–Crippen LogP) is 1.53. The molecule has 0 radical (unpaired) electrons. The Morgan fingerprint density at radius 3 is 2.71 bits per heavy atom. The van der Waals surface area contributed by atoms with E-state index in [1.54, 1.807) is 12.4 Å². The summed E-state index contributed by atoms with van der Waals surface area (Å²) in [7, 11) is 0. The van der Waals surface area contributed by atoms with E-state index >= 15 is 0 Å². The van der Waals surface area contributed by atoms with Gasteiger partial charge in [-0.1, -0.05) is 12.2 Å². The standard InChI is InChI=1S/C16H18N2O3/c1-9-7-17-5-4-12(9)8-18-15(19)13-10-2-3-11(6-10)14(13)16(20)21/h2-5,7,10-11,13-14H,6,8H2,1H3,(H,18,19)(H,20,21). The van der Waals surface area contributed by atoms with Crippen molar-refractivity contribution in [2.45, 2.75) is 19.9 Å². The Balaban J connectivity index is 1.69. The van der Waals surface area contributed by atoms with E-state index in [1.807, 2.05) is 25.1 Å². The van der Waals surface area contributed by atoms with Crippen LogP contribution < -0.4 is 5.32 Å². The molecule has 5 heteroatoms. The second kappa shape index (κ2) is 5.31. The Hall–Kier alpha value is -2.17. The third-order valence-electron chi connectivity index (χ3n) is 4.64. The summed E-state index contributed by atoms with van der Waals surface area (Å²) in [5.41, 5.74) is 2.02. The zero-order valence-corrected chi connectivity index (χ0v) is 11.8. The molecule has 2 aliphatic carbocycles. The van der Waals surface area contributed by atoms with E-state index < -0.39 is 17.8 Å².